The van der Waals surface area contributed by atoms with Gasteiger partial charge in [-0.1, -0.05) is 26.8 Å². The number of carbonyl (C=O) groups excluding carboxylic acids is 4. The van der Waals surface area contributed by atoms with Gasteiger partial charge < -0.3 is 30.3 Å². The van der Waals surface area contributed by atoms with Crippen molar-refractivity contribution >= 4 is 29.5 Å². The molecule has 10 nitrogen and oxygen atoms in total. The van der Waals surface area contributed by atoms with Gasteiger partial charge in [-0.25, -0.2) is 4.79 Å². The van der Waals surface area contributed by atoms with E-state index in [-0.39, 0.29) is 42.6 Å². The molecule has 10 heteroatoms. The van der Waals surface area contributed by atoms with Crippen molar-refractivity contribution in [1.29, 1.82) is 0 Å². The summed E-state index contributed by atoms with van der Waals surface area (Å²) in [7, 11) is 2.85. The fourth-order valence-electron chi connectivity index (χ4n) is 3.79. The van der Waals surface area contributed by atoms with Crippen LogP contribution in [0.2, 0.25) is 0 Å². The van der Waals surface area contributed by atoms with Crippen LogP contribution < -0.4 is 20.7 Å². The third kappa shape index (κ3) is 8.24. The lowest BCUT2D eigenvalue weighted by molar-refractivity contribution is -0.141. The smallest absolute Gasteiger partial charge is 0.319 e. The summed E-state index contributed by atoms with van der Waals surface area (Å²) < 4.78 is 9.78. The van der Waals surface area contributed by atoms with Crippen LogP contribution in [-0.4, -0.2) is 68.1 Å². The van der Waals surface area contributed by atoms with Crippen molar-refractivity contribution in [2.45, 2.75) is 58.5 Å². The number of esters is 1. The minimum atomic E-state index is -0.843. The Morgan fingerprint density at radius 2 is 1.88 bits per heavy atom. The highest BCUT2D eigenvalue weighted by Crippen LogP contribution is 2.25. The third-order valence-corrected chi connectivity index (χ3v) is 5.40. The summed E-state index contributed by atoms with van der Waals surface area (Å²) in [5, 5.41) is 8.37. The largest absolute Gasteiger partial charge is 0.497 e. The van der Waals surface area contributed by atoms with Gasteiger partial charge in [-0.15, -0.1) is 0 Å². The maximum absolute atomic E-state index is 13.1. The van der Waals surface area contributed by atoms with E-state index in [1.54, 1.807) is 24.3 Å². The van der Waals surface area contributed by atoms with E-state index in [9.17, 15) is 19.2 Å². The number of likely N-dealkylation sites (tertiary alicyclic amines) is 1. The molecular weight excluding hydrogens is 440 g/mol. The molecule has 2 rings (SSSR count). The number of carbonyl (C=O) groups is 4. The number of nitrogens with one attached hydrogen (secondary N) is 3. The zero-order valence-electron chi connectivity index (χ0n) is 20.6. The number of rotatable bonds is 9. The fraction of sp³-hybridized carbons (Fsp3) is 0.583. The highest BCUT2D eigenvalue weighted by molar-refractivity contribution is 5.93. The summed E-state index contributed by atoms with van der Waals surface area (Å²) in [6.07, 6.45) is 1.32. The van der Waals surface area contributed by atoms with Crippen LogP contribution in [0, 0.1) is 5.41 Å². The number of ether oxygens (including phenoxy) is 2. The number of hydrogen-bond acceptors (Lipinski definition) is 6. The lowest BCUT2D eigenvalue weighted by Crippen LogP contribution is -2.55. The minimum absolute atomic E-state index is 0.139. The first-order valence-corrected chi connectivity index (χ1v) is 11.4. The summed E-state index contributed by atoms with van der Waals surface area (Å²) in [5.41, 5.74) is 0.299. The van der Waals surface area contributed by atoms with Crippen molar-refractivity contribution in [3.63, 3.8) is 0 Å². The molecule has 1 fully saturated rings. The molecular formula is C24H36N4O6. The van der Waals surface area contributed by atoms with Gasteiger partial charge in [0.05, 0.1) is 20.3 Å². The molecule has 1 aromatic rings. The number of nitrogens with zero attached hydrogens (tertiary/aromatic N) is 1. The van der Waals surface area contributed by atoms with Crippen LogP contribution in [0.5, 0.6) is 5.75 Å². The van der Waals surface area contributed by atoms with Gasteiger partial charge in [0.1, 0.15) is 11.8 Å². The first-order chi connectivity index (χ1) is 16.0. The van der Waals surface area contributed by atoms with Crippen LogP contribution in [0.15, 0.2) is 24.3 Å². The standard InChI is InChI=1S/C24H36N4O6/c1-24(2,3)15-19(29)28-13-11-18(21(28)22(31)25-12-7-10-20(30)34-5)27-23(32)26-16-8-6-9-17(14-16)33-4/h6,8-9,14,18,21H,7,10-13,15H2,1-5H3,(H,25,31)(H2,26,27,32). The van der Waals surface area contributed by atoms with Crippen molar-refractivity contribution in [2.75, 3.05) is 32.6 Å². The number of methoxy groups -OCH3 is 2. The van der Waals surface area contributed by atoms with Gasteiger partial charge >= 0.3 is 12.0 Å². The van der Waals surface area contributed by atoms with Crippen molar-refractivity contribution in [3.8, 4) is 5.75 Å². The molecule has 0 bridgehead atoms. The summed E-state index contributed by atoms with van der Waals surface area (Å²) in [4.78, 5) is 51.5. The molecule has 3 N–H and O–H groups in total. The van der Waals surface area contributed by atoms with Crippen LogP contribution in [0.1, 0.15) is 46.5 Å². The average molecular weight is 477 g/mol. The maximum atomic E-state index is 13.1. The summed E-state index contributed by atoms with van der Waals surface area (Å²) in [6.45, 7) is 6.49. The third-order valence-electron chi connectivity index (χ3n) is 5.40. The normalized spacial score (nSPS) is 17.6. The topological polar surface area (TPSA) is 126 Å². The Balaban J connectivity index is 2.08. The predicted octanol–water partition coefficient (Wildman–Crippen LogP) is 2.29. The van der Waals surface area contributed by atoms with Crippen molar-refractivity contribution in [1.82, 2.24) is 15.5 Å². The number of hydrogen-bond donors (Lipinski definition) is 3. The molecule has 1 aliphatic rings. The van der Waals surface area contributed by atoms with Gasteiger partial charge in [0.15, 0.2) is 0 Å². The number of benzene rings is 1. The molecule has 1 heterocycles. The van der Waals surface area contributed by atoms with Crippen molar-refractivity contribution in [2.24, 2.45) is 5.41 Å². The Labute approximate surface area is 200 Å². The van der Waals surface area contributed by atoms with Crippen LogP contribution in [-0.2, 0) is 19.1 Å². The SMILES string of the molecule is COC(=O)CCCNC(=O)C1C(NC(=O)Nc2cccc(OC)c2)CCN1C(=O)CC(C)(C)C. The molecule has 0 aliphatic carbocycles. The Kier molecular flexibility index (Phi) is 9.70. The number of amides is 4. The second-order valence-electron chi connectivity index (χ2n) is 9.47. The quantitative estimate of drug-likeness (QED) is 0.371. The molecule has 0 spiro atoms. The summed E-state index contributed by atoms with van der Waals surface area (Å²) in [6, 6.07) is 5.03. The fourth-order valence-corrected chi connectivity index (χ4v) is 3.79. The molecule has 1 aliphatic heterocycles. The Hall–Kier alpha value is -3.30. The lowest BCUT2D eigenvalue weighted by Gasteiger charge is -2.30. The molecule has 2 unspecified atom stereocenters. The molecule has 188 valence electrons. The molecule has 0 aromatic heterocycles. The highest BCUT2D eigenvalue weighted by atomic mass is 16.5. The second-order valence-corrected chi connectivity index (χ2v) is 9.47. The van der Waals surface area contributed by atoms with Gasteiger partial charge in [-0.2, -0.15) is 0 Å². The molecule has 4 amide bonds. The first kappa shape index (κ1) is 26.9. The van der Waals surface area contributed by atoms with Crippen LogP contribution in [0.4, 0.5) is 10.5 Å². The van der Waals surface area contributed by atoms with Gasteiger partial charge in [-0.05, 0) is 30.4 Å². The monoisotopic (exact) mass is 476 g/mol. The van der Waals surface area contributed by atoms with Gasteiger partial charge in [0.25, 0.3) is 0 Å². The lowest BCUT2D eigenvalue weighted by atomic mass is 9.91. The van der Waals surface area contributed by atoms with Gasteiger partial charge in [0.2, 0.25) is 11.8 Å². The van der Waals surface area contributed by atoms with Crippen molar-refractivity contribution in [3.05, 3.63) is 24.3 Å². The number of anilines is 1. The van der Waals surface area contributed by atoms with E-state index < -0.39 is 18.1 Å². The van der Waals surface area contributed by atoms with Crippen LogP contribution in [0.25, 0.3) is 0 Å². The van der Waals surface area contributed by atoms with E-state index in [4.69, 9.17) is 4.74 Å². The Morgan fingerprint density at radius 3 is 2.53 bits per heavy atom. The van der Waals surface area contributed by atoms with E-state index in [1.165, 1.54) is 19.1 Å². The summed E-state index contributed by atoms with van der Waals surface area (Å²) in [5.74, 6) is -0.260. The Bertz CT molecular complexity index is 882. The van der Waals surface area contributed by atoms with E-state index in [2.05, 4.69) is 20.7 Å². The zero-order chi connectivity index (χ0) is 25.3. The molecule has 1 aromatic carbocycles. The van der Waals surface area contributed by atoms with E-state index >= 15 is 0 Å². The number of urea groups is 1. The molecule has 1 saturated heterocycles. The first-order valence-electron chi connectivity index (χ1n) is 11.4. The predicted molar refractivity (Wildman–Crippen MR) is 127 cm³/mol. The molecule has 0 radical (unpaired) electrons. The van der Waals surface area contributed by atoms with Crippen molar-refractivity contribution < 1.29 is 28.7 Å². The van der Waals surface area contributed by atoms with E-state index in [0.717, 1.165) is 0 Å². The second kappa shape index (κ2) is 12.2. The van der Waals surface area contributed by atoms with E-state index in [1.807, 2.05) is 20.8 Å². The molecule has 0 saturated carbocycles. The zero-order valence-corrected chi connectivity index (χ0v) is 20.6. The van der Waals surface area contributed by atoms with Gasteiger partial charge in [-0.3, -0.25) is 14.4 Å². The molecule has 2 atom stereocenters. The summed E-state index contributed by atoms with van der Waals surface area (Å²) >= 11 is 0. The van der Waals surface area contributed by atoms with Gasteiger partial charge in [0, 0.05) is 37.7 Å². The maximum Gasteiger partial charge on any atom is 0.319 e. The average Bonchev–Trinajstić information content (AvgIpc) is 3.18. The Morgan fingerprint density at radius 1 is 1.15 bits per heavy atom. The highest BCUT2D eigenvalue weighted by Gasteiger charge is 2.43. The minimum Gasteiger partial charge on any atom is -0.497 e. The van der Waals surface area contributed by atoms with Crippen LogP contribution in [0.3, 0.4) is 0 Å². The van der Waals surface area contributed by atoms with E-state index in [0.29, 0.717) is 30.8 Å². The van der Waals surface area contributed by atoms with Crippen LogP contribution >= 0.6 is 0 Å². The molecule has 34 heavy (non-hydrogen) atoms.